The minimum Gasteiger partial charge on any atom is -0.392 e. The fraction of sp³-hybridized carbons (Fsp3) is 0.250. The Morgan fingerprint density at radius 2 is 2.33 bits per heavy atom. The van der Waals surface area contributed by atoms with Crippen LogP contribution >= 0.6 is 12.2 Å². The molecule has 0 bridgehead atoms. The van der Waals surface area contributed by atoms with E-state index in [1.54, 1.807) is 18.3 Å². The van der Waals surface area contributed by atoms with Crippen LogP contribution in [0.4, 0.5) is 5.69 Å². The molecule has 1 aromatic heterocycles. The van der Waals surface area contributed by atoms with Gasteiger partial charge < -0.3 is 5.73 Å². The van der Waals surface area contributed by atoms with Gasteiger partial charge in [-0.25, -0.2) is 8.42 Å². The van der Waals surface area contributed by atoms with Gasteiger partial charge in [0.15, 0.2) is 0 Å². The highest BCUT2D eigenvalue weighted by Gasteiger charge is 2.22. The maximum Gasteiger partial charge on any atom is 0.241 e. The Kier molecular flexibility index (Phi) is 3.59. The molecule has 3 N–H and O–H groups in total. The lowest BCUT2D eigenvalue weighted by molar-refractivity contribution is 0.598. The van der Waals surface area contributed by atoms with Crippen molar-refractivity contribution in [3.8, 4) is 0 Å². The summed E-state index contributed by atoms with van der Waals surface area (Å²) < 4.78 is 25.6. The van der Waals surface area contributed by atoms with Crippen molar-refractivity contribution < 1.29 is 8.42 Å². The highest BCUT2D eigenvalue weighted by molar-refractivity contribution is 7.95. The van der Waals surface area contributed by atoms with Gasteiger partial charge in [-0.1, -0.05) is 12.2 Å². The number of anilines is 1. The standard InChI is InChI=1S/C8H11N3O2S2/c1-6(8(9)14)15(12,13)11-7-3-2-4-10-5-7/h2-6,11H,1H3,(H2,9,14). The SMILES string of the molecule is CC(C(N)=S)S(=O)(=O)Nc1cccnc1. The first-order valence-corrected chi connectivity index (χ1v) is 6.10. The van der Waals surface area contributed by atoms with E-state index in [9.17, 15) is 8.42 Å². The molecule has 0 amide bonds. The van der Waals surface area contributed by atoms with Crippen molar-refractivity contribution in [2.75, 3.05) is 4.72 Å². The first-order valence-electron chi connectivity index (χ1n) is 4.14. The lowest BCUT2D eigenvalue weighted by Gasteiger charge is -2.12. The van der Waals surface area contributed by atoms with E-state index in [1.807, 2.05) is 0 Å². The number of thiocarbonyl (C=S) groups is 1. The lowest BCUT2D eigenvalue weighted by atomic mass is 10.4. The average molecular weight is 245 g/mol. The smallest absolute Gasteiger partial charge is 0.241 e. The van der Waals surface area contributed by atoms with Gasteiger partial charge in [0, 0.05) is 6.20 Å². The Morgan fingerprint density at radius 3 is 2.80 bits per heavy atom. The summed E-state index contributed by atoms with van der Waals surface area (Å²) in [5.41, 5.74) is 5.66. The number of nitrogens with one attached hydrogen (secondary N) is 1. The van der Waals surface area contributed by atoms with E-state index in [2.05, 4.69) is 21.9 Å². The predicted molar refractivity (Wildman–Crippen MR) is 63.0 cm³/mol. The molecule has 0 spiro atoms. The van der Waals surface area contributed by atoms with Gasteiger partial charge in [0.25, 0.3) is 0 Å². The Labute approximate surface area is 93.8 Å². The summed E-state index contributed by atoms with van der Waals surface area (Å²) in [6.45, 7) is 1.43. The first-order chi connectivity index (χ1) is 6.93. The molecule has 0 saturated carbocycles. The maximum atomic E-state index is 11.6. The van der Waals surface area contributed by atoms with Crippen LogP contribution in [-0.4, -0.2) is 23.6 Å². The van der Waals surface area contributed by atoms with E-state index < -0.39 is 15.3 Å². The number of nitrogens with two attached hydrogens (primary N) is 1. The monoisotopic (exact) mass is 245 g/mol. The van der Waals surface area contributed by atoms with E-state index >= 15 is 0 Å². The van der Waals surface area contributed by atoms with Crippen molar-refractivity contribution in [2.45, 2.75) is 12.2 Å². The molecule has 1 atom stereocenters. The summed E-state index contributed by atoms with van der Waals surface area (Å²) in [4.78, 5) is 3.72. The van der Waals surface area contributed by atoms with Crippen molar-refractivity contribution >= 4 is 32.9 Å². The number of nitrogens with zero attached hydrogens (tertiary/aromatic N) is 1. The molecule has 1 heterocycles. The van der Waals surface area contributed by atoms with Crippen LogP contribution in [0, 0.1) is 0 Å². The zero-order valence-electron chi connectivity index (χ0n) is 8.04. The van der Waals surface area contributed by atoms with E-state index in [1.165, 1.54) is 13.1 Å². The minimum atomic E-state index is -3.57. The van der Waals surface area contributed by atoms with Crippen LogP contribution in [0.5, 0.6) is 0 Å². The number of aromatic nitrogens is 1. The largest absolute Gasteiger partial charge is 0.392 e. The second-order valence-corrected chi connectivity index (χ2v) is 5.41. The number of sulfonamides is 1. The average Bonchev–Trinajstić information content (AvgIpc) is 2.17. The van der Waals surface area contributed by atoms with Crippen LogP contribution in [0.25, 0.3) is 0 Å². The molecule has 7 heteroatoms. The predicted octanol–water partition coefficient (Wildman–Crippen LogP) is 0.498. The summed E-state index contributed by atoms with van der Waals surface area (Å²) in [7, 11) is -3.57. The zero-order chi connectivity index (χ0) is 11.5. The van der Waals surface area contributed by atoms with Gasteiger partial charge >= 0.3 is 0 Å². The number of rotatable bonds is 4. The third-order valence-electron chi connectivity index (χ3n) is 1.79. The van der Waals surface area contributed by atoms with Crippen LogP contribution in [-0.2, 0) is 10.0 Å². The van der Waals surface area contributed by atoms with E-state index in [0.29, 0.717) is 5.69 Å². The Balaban J connectivity index is 2.87. The van der Waals surface area contributed by atoms with E-state index in [0.717, 1.165) is 0 Å². The quantitative estimate of drug-likeness (QED) is 0.754. The molecule has 82 valence electrons. The normalized spacial score (nSPS) is 13.1. The van der Waals surface area contributed by atoms with Crippen LogP contribution in [0.2, 0.25) is 0 Å². The third-order valence-corrected chi connectivity index (χ3v) is 4.00. The molecule has 0 aromatic carbocycles. The van der Waals surface area contributed by atoms with Crippen molar-refractivity contribution in [2.24, 2.45) is 5.73 Å². The van der Waals surface area contributed by atoms with Gasteiger partial charge in [-0.3, -0.25) is 9.71 Å². The summed E-state index contributed by atoms with van der Waals surface area (Å²) >= 11 is 4.63. The molecule has 0 aliphatic heterocycles. The highest BCUT2D eigenvalue weighted by atomic mass is 32.2. The number of pyridine rings is 1. The van der Waals surface area contributed by atoms with Crippen LogP contribution in [0.15, 0.2) is 24.5 Å². The first kappa shape index (κ1) is 11.9. The van der Waals surface area contributed by atoms with Gasteiger partial charge in [0.1, 0.15) is 5.25 Å². The van der Waals surface area contributed by atoms with Gasteiger partial charge in [-0.2, -0.15) is 0 Å². The zero-order valence-corrected chi connectivity index (χ0v) is 9.68. The molecule has 0 fully saturated rings. The summed E-state index contributed by atoms with van der Waals surface area (Å²) in [5, 5.41) is -0.910. The Bertz CT molecular complexity index is 444. The Hall–Kier alpha value is -1.21. The summed E-state index contributed by atoms with van der Waals surface area (Å²) in [6, 6.07) is 3.22. The molecule has 1 unspecified atom stereocenters. The molecule has 0 saturated heterocycles. The minimum absolute atomic E-state index is 0.0635. The summed E-state index contributed by atoms with van der Waals surface area (Å²) in [5.74, 6) is 0. The Morgan fingerprint density at radius 1 is 1.67 bits per heavy atom. The molecular weight excluding hydrogens is 234 g/mol. The fourth-order valence-corrected chi connectivity index (χ4v) is 2.14. The van der Waals surface area contributed by atoms with Gasteiger partial charge in [-0.05, 0) is 19.1 Å². The van der Waals surface area contributed by atoms with Gasteiger partial charge in [-0.15, -0.1) is 0 Å². The van der Waals surface area contributed by atoms with Crippen molar-refractivity contribution in [3.05, 3.63) is 24.5 Å². The van der Waals surface area contributed by atoms with Gasteiger partial charge in [0.2, 0.25) is 10.0 Å². The van der Waals surface area contributed by atoms with Crippen LogP contribution in [0.1, 0.15) is 6.92 Å². The number of hydrogen-bond acceptors (Lipinski definition) is 4. The molecule has 0 aliphatic rings. The van der Waals surface area contributed by atoms with Crippen molar-refractivity contribution in [3.63, 3.8) is 0 Å². The highest BCUT2D eigenvalue weighted by Crippen LogP contribution is 2.09. The topological polar surface area (TPSA) is 85.1 Å². The molecule has 15 heavy (non-hydrogen) atoms. The van der Waals surface area contributed by atoms with Gasteiger partial charge in [0.05, 0.1) is 16.9 Å². The van der Waals surface area contributed by atoms with Crippen molar-refractivity contribution in [1.82, 2.24) is 4.98 Å². The van der Waals surface area contributed by atoms with E-state index in [4.69, 9.17) is 5.73 Å². The number of hydrogen-bond donors (Lipinski definition) is 2. The molecule has 0 radical (unpaired) electrons. The summed E-state index contributed by atoms with van der Waals surface area (Å²) in [6.07, 6.45) is 2.96. The second-order valence-electron chi connectivity index (χ2n) is 2.93. The second kappa shape index (κ2) is 4.54. The maximum absolute atomic E-state index is 11.6. The molecule has 1 rings (SSSR count). The lowest BCUT2D eigenvalue weighted by Crippen LogP contribution is -2.35. The van der Waals surface area contributed by atoms with E-state index in [-0.39, 0.29) is 4.99 Å². The molecule has 5 nitrogen and oxygen atoms in total. The fourth-order valence-electron chi connectivity index (χ4n) is 0.829. The third kappa shape index (κ3) is 3.14. The van der Waals surface area contributed by atoms with Crippen molar-refractivity contribution in [1.29, 1.82) is 0 Å². The van der Waals surface area contributed by atoms with Crippen LogP contribution in [0.3, 0.4) is 0 Å². The molecule has 1 aromatic rings. The molecule has 0 aliphatic carbocycles. The molecular formula is C8H11N3O2S2. The van der Waals surface area contributed by atoms with Crippen LogP contribution < -0.4 is 10.5 Å².